The number of carbonyl (C=O) groups is 1. The maximum atomic E-state index is 13.6. The van der Waals surface area contributed by atoms with Gasteiger partial charge in [0.25, 0.3) is 5.91 Å². The third-order valence-electron chi connectivity index (χ3n) is 3.80. The molecular formula is C18H11F6N3O. The zero-order chi connectivity index (χ0) is 20.6. The minimum absolute atomic E-state index is 0.0656. The molecule has 2 aromatic carbocycles. The van der Waals surface area contributed by atoms with Gasteiger partial charge in [0, 0.05) is 17.8 Å². The number of aromatic nitrogens is 2. The highest BCUT2D eigenvalue weighted by molar-refractivity contribution is 6.05. The van der Waals surface area contributed by atoms with Crippen molar-refractivity contribution in [3.8, 4) is 5.69 Å². The predicted molar refractivity (Wildman–Crippen MR) is 87.6 cm³/mol. The number of alkyl halides is 3. The monoisotopic (exact) mass is 399 g/mol. The van der Waals surface area contributed by atoms with Gasteiger partial charge in [-0.25, -0.2) is 17.9 Å². The summed E-state index contributed by atoms with van der Waals surface area (Å²) in [5, 5.41) is 5.54. The standard InChI is InChI=1S/C18H11F6N3O/c1-9-2-4-11(5-3-9)27-16(18(22,23)24)12(8-25-27)17(28)26-10-6-13(19)15(21)14(20)7-10/h2-8H,1H3,(H,26,28). The number of halogens is 6. The molecule has 4 nitrogen and oxygen atoms in total. The maximum absolute atomic E-state index is 13.6. The van der Waals surface area contributed by atoms with Crippen LogP contribution in [0.3, 0.4) is 0 Å². The van der Waals surface area contributed by atoms with Gasteiger partial charge in [0.2, 0.25) is 0 Å². The topological polar surface area (TPSA) is 46.9 Å². The molecule has 0 atom stereocenters. The highest BCUT2D eigenvalue weighted by Crippen LogP contribution is 2.34. The Hall–Kier alpha value is -3.30. The number of rotatable bonds is 3. The van der Waals surface area contributed by atoms with Crippen molar-refractivity contribution in [2.24, 2.45) is 0 Å². The fraction of sp³-hybridized carbons (Fsp3) is 0.111. The molecule has 0 saturated carbocycles. The molecule has 0 aliphatic carbocycles. The summed E-state index contributed by atoms with van der Waals surface area (Å²) in [7, 11) is 0. The lowest BCUT2D eigenvalue weighted by molar-refractivity contribution is -0.143. The number of nitrogens with zero attached hydrogens (tertiary/aromatic N) is 2. The van der Waals surface area contributed by atoms with Crippen molar-refractivity contribution >= 4 is 11.6 Å². The van der Waals surface area contributed by atoms with E-state index in [0.717, 1.165) is 5.56 Å². The molecule has 1 amide bonds. The smallest absolute Gasteiger partial charge is 0.322 e. The van der Waals surface area contributed by atoms with E-state index >= 15 is 0 Å². The molecule has 0 aliphatic heterocycles. The van der Waals surface area contributed by atoms with E-state index in [4.69, 9.17) is 0 Å². The number of anilines is 1. The van der Waals surface area contributed by atoms with Gasteiger partial charge in [-0.05, 0) is 19.1 Å². The van der Waals surface area contributed by atoms with E-state index in [-0.39, 0.29) is 5.69 Å². The lowest BCUT2D eigenvalue weighted by atomic mass is 10.2. The summed E-state index contributed by atoms with van der Waals surface area (Å²) < 4.78 is 80.8. The Kier molecular flexibility index (Phi) is 4.88. The van der Waals surface area contributed by atoms with Crippen molar-refractivity contribution in [3.05, 3.63) is 76.9 Å². The zero-order valence-electron chi connectivity index (χ0n) is 14.1. The molecule has 10 heteroatoms. The zero-order valence-corrected chi connectivity index (χ0v) is 14.1. The lowest BCUT2D eigenvalue weighted by Crippen LogP contribution is -2.21. The molecule has 0 radical (unpaired) electrons. The molecule has 28 heavy (non-hydrogen) atoms. The van der Waals surface area contributed by atoms with Crippen LogP contribution in [0.15, 0.2) is 42.6 Å². The molecule has 1 N–H and O–H groups in total. The van der Waals surface area contributed by atoms with Gasteiger partial charge in [-0.1, -0.05) is 17.7 Å². The van der Waals surface area contributed by atoms with Gasteiger partial charge >= 0.3 is 6.18 Å². The Balaban J connectivity index is 2.02. The molecule has 0 fully saturated rings. The molecule has 146 valence electrons. The second-order valence-electron chi connectivity index (χ2n) is 5.86. The van der Waals surface area contributed by atoms with Gasteiger partial charge in [0.05, 0.1) is 17.4 Å². The molecule has 0 bridgehead atoms. The highest BCUT2D eigenvalue weighted by Gasteiger charge is 2.40. The number of aryl methyl sites for hydroxylation is 1. The summed E-state index contributed by atoms with van der Waals surface area (Å²) >= 11 is 0. The first kappa shape index (κ1) is 19.5. The van der Waals surface area contributed by atoms with Crippen LogP contribution in [-0.4, -0.2) is 15.7 Å². The molecule has 1 aromatic heterocycles. The van der Waals surface area contributed by atoms with Crippen molar-refractivity contribution in [2.45, 2.75) is 13.1 Å². The quantitative estimate of drug-likeness (QED) is 0.505. The van der Waals surface area contributed by atoms with Gasteiger partial charge in [-0.2, -0.15) is 18.3 Å². The summed E-state index contributed by atoms with van der Waals surface area (Å²) in [4.78, 5) is 12.3. The summed E-state index contributed by atoms with van der Waals surface area (Å²) in [5.41, 5.74) is -1.90. The third-order valence-corrected chi connectivity index (χ3v) is 3.80. The van der Waals surface area contributed by atoms with E-state index in [9.17, 15) is 31.1 Å². The number of benzene rings is 2. The van der Waals surface area contributed by atoms with Gasteiger partial charge < -0.3 is 5.32 Å². The molecular weight excluding hydrogens is 388 g/mol. The Labute approximate surface area is 154 Å². The number of hydrogen-bond donors (Lipinski definition) is 1. The lowest BCUT2D eigenvalue weighted by Gasteiger charge is -2.13. The van der Waals surface area contributed by atoms with Crippen LogP contribution in [0.4, 0.5) is 32.0 Å². The summed E-state index contributed by atoms with van der Waals surface area (Å²) in [6, 6.07) is 6.83. The average Bonchev–Trinajstić information content (AvgIpc) is 3.06. The average molecular weight is 399 g/mol. The van der Waals surface area contributed by atoms with Gasteiger partial charge in [-0.15, -0.1) is 0 Å². The van der Waals surface area contributed by atoms with E-state index in [1.54, 1.807) is 19.1 Å². The van der Waals surface area contributed by atoms with Crippen molar-refractivity contribution in [3.63, 3.8) is 0 Å². The fourth-order valence-corrected chi connectivity index (χ4v) is 2.50. The van der Waals surface area contributed by atoms with Crippen LogP contribution in [-0.2, 0) is 6.18 Å². The minimum atomic E-state index is -4.95. The van der Waals surface area contributed by atoms with Crippen molar-refractivity contribution in [1.82, 2.24) is 9.78 Å². The van der Waals surface area contributed by atoms with E-state index in [1.807, 2.05) is 5.32 Å². The van der Waals surface area contributed by atoms with Crippen LogP contribution in [0.5, 0.6) is 0 Å². The SMILES string of the molecule is Cc1ccc(-n2ncc(C(=O)Nc3cc(F)c(F)c(F)c3)c2C(F)(F)F)cc1. The van der Waals surface area contributed by atoms with E-state index in [1.165, 1.54) is 12.1 Å². The van der Waals surface area contributed by atoms with Crippen LogP contribution in [0.1, 0.15) is 21.6 Å². The Morgan fingerprint density at radius 3 is 2.14 bits per heavy atom. The van der Waals surface area contributed by atoms with Crippen LogP contribution in [0.2, 0.25) is 0 Å². The minimum Gasteiger partial charge on any atom is -0.322 e. The molecule has 3 aromatic rings. The van der Waals surface area contributed by atoms with Crippen molar-refractivity contribution in [2.75, 3.05) is 5.32 Å². The predicted octanol–water partition coefficient (Wildman–Crippen LogP) is 4.87. The fourth-order valence-electron chi connectivity index (χ4n) is 2.50. The largest absolute Gasteiger partial charge is 0.434 e. The second-order valence-corrected chi connectivity index (χ2v) is 5.86. The molecule has 1 heterocycles. The van der Waals surface area contributed by atoms with Crippen molar-refractivity contribution in [1.29, 1.82) is 0 Å². The van der Waals surface area contributed by atoms with Crippen LogP contribution >= 0.6 is 0 Å². The first-order chi connectivity index (χ1) is 13.1. The molecule has 0 unspecified atom stereocenters. The van der Waals surface area contributed by atoms with Crippen LogP contribution in [0.25, 0.3) is 5.69 Å². The normalized spacial score (nSPS) is 11.5. The second kappa shape index (κ2) is 7.02. The maximum Gasteiger partial charge on any atom is 0.434 e. The van der Waals surface area contributed by atoms with E-state index < -0.39 is 46.5 Å². The Morgan fingerprint density at radius 2 is 1.61 bits per heavy atom. The summed E-state index contributed by atoms with van der Waals surface area (Å²) in [6.45, 7) is 1.75. The highest BCUT2D eigenvalue weighted by atomic mass is 19.4. The number of carbonyl (C=O) groups excluding carboxylic acids is 1. The Morgan fingerprint density at radius 1 is 1.04 bits per heavy atom. The molecule has 0 aliphatic rings. The van der Waals surface area contributed by atoms with Crippen LogP contribution in [0, 0.1) is 24.4 Å². The summed E-state index contributed by atoms with van der Waals surface area (Å²) in [5.74, 6) is -6.26. The molecule has 0 saturated heterocycles. The van der Waals surface area contributed by atoms with Crippen molar-refractivity contribution < 1.29 is 31.1 Å². The number of nitrogens with one attached hydrogen (secondary N) is 1. The van der Waals surface area contributed by atoms with Gasteiger partial charge in [0.1, 0.15) is 0 Å². The van der Waals surface area contributed by atoms with Crippen LogP contribution < -0.4 is 5.32 Å². The Bertz CT molecular complexity index is 1020. The first-order valence-electron chi connectivity index (χ1n) is 7.76. The number of amides is 1. The summed E-state index contributed by atoms with van der Waals surface area (Å²) in [6.07, 6.45) is -4.26. The van der Waals surface area contributed by atoms with Gasteiger partial charge in [0.15, 0.2) is 23.1 Å². The molecule has 3 rings (SSSR count). The molecule has 0 spiro atoms. The van der Waals surface area contributed by atoms with E-state index in [2.05, 4.69) is 5.10 Å². The van der Waals surface area contributed by atoms with Gasteiger partial charge in [-0.3, -0.25) is 4.79 Å². The number of hydrogen-bond acceptors (Lipinski definition) is 2. The first-order valence-corrected chi connectivity index (χ1v) is 7.76. The van der Waals surface area contributed by atoms with E-state index in [0.29, 0.717) is 23.0 Å². The third kappa shape index (κ3) is 3.71.